The zero-order valence-electron chi connectivity index (χ0n) is 12.1. The molecule has 5 heteroatoms. The lowest BCUT2D eigenvalue weighted by Gasteiger charge is -2.16. The molecule has 0 bridgehead atoms. The van der Waals surface area contributed by atoms with Crippen molar-refractivity contribution in [2.24, 2.45) is 0 Å². The van der Waals surface area contributed by atoms with Crippen LogP contribution in [0.25, 0.3) is 10.9 Å². The molecule has 1 heterocycles. The summed E-state index contributed by atoms with van der Waals surface area (Å²) in [4.78, 5) is 27.6. The molecule has 1 amide bonds. The number of aliphatic carboxylic acids is 1. The molecular formula is C16H18N2O3. The summed E-state index contributed by atoms with van der Waals surface area (Å²) in [5, 5.41) is 12.4. The van der Waals surface area contributed by atoms with Gasteiger partial charge in [0.25, 0.3) is 5.91 Å². The molecule has 1 atom stereocenters. The number of nitrogens with one attached hydrogen (secondary N) is 1. The first-order chi connectivity index (χ1) is 10.0. The molecule has 1 aromatic carbocycles. The summed E-state index contributed by atoms with van der Waals surface area (Å²) in [6.45, 7) is 3.68. The van der Waals surface area contributed by atoms with Crippen molar-refractivity contribution in [1.82, 2.24) is 10.3 Å². The first kappa shape index (κ1) is 15.0. The predicted octanol–water partition coefficient (Wildman–Crippen LogP) is 2.53. The number of amides is 1. The molecule has 2 N–H and O–H groups in total. The van der Waals surface area contributed by atoms with Gasteiger partial charge in [-0.05, 0) is 25.5 Å². The Bertz CT molecular complexity index is 682. The van der Waals surface area contributed by atoms with E-state index in [1.807, 2.05) is 38.1 Å². The van der Waals surface area contributed by atoms with Gasteiger partial charge in [-0.2, -0.15) is 0 Å². The van der Waals surface area contributed by atoms with Gasteiger partial charge < -0.3 is 10.4 Å². The molecule has 0 aliphatic heterocycles. The molecule has 0 aliphatic rings. The van der Waals surface area contributed by atoms with Crippen LogP contribution in [-0.4, -0.2) is 28.0 Å². The largest absolute Gasteiger partial charge is 0.481 e. The van der Waals surface area contributed by atoms with Crippen LogP contribution in [0.4, 0.5) is 0 Å². The molecule has 0 radical (unpaired) electrons. The van der Waals surface area contributed by atoms with Crippen molar-refractivity contribution in [3.05, 3.63) is 41.6 Å². The fourth-order valence-corrected chi connectivity index (χ4v) is 2.27. The van der Waals surface area contributed by atoms with Crippen molar-refractivity contribution < 1.29 is 14.7 Å². The number of aromatic nitrogens is 1. The van der Waals surface area contributed by atoms with E-state index in [9.17, 15) is 9.59 Å². The van der Waals surface area contributed by atoms with Gasteiger partial charge in [0, 0.05) is 17.1 Å². The summed E-state index contributed by atoms with van der Waals surface area (Å²) < 4.78 is 0. The minimum absolute atomic E-state index is 0.0791. The summed E-state index contributed by atoms with van der Waals surface area (Å²) in [7, 11) is 0. The Morgan fingerprint density at radius 1 is 1.33 bits per heavy atom. The fourth-order valence-electron chi connectivity index (χ4n) is 2.27. The van der Waals surface area contributed by atoms with Crippen LogP contribution in [0, 0.1) is 6.92 Å². The predicted molar refractivity (Wildman–Crippen MR) is 80.3 cm³/mol. The van der Waals surface area contributed by atoms with Gasteiger partial charge in [0.15, 0.2) is 0 Å². The number of benzene rings is 1. The molecule has 21 heavy (non-hydrogen) atoms. The third kappa shape index (κ3) is 3.56. The third-order valence-corrected chi connectivity index (χ3v) is 3.34. The van der Waals surface area contributed by atoms with Crippen molar-refractivity contribution in [2.45, 2.75) is 32.7 Å². The van der Waals surface area contributed by atoms with Gasteiger partial charge in [-0.1, -0.05) is 25.1 Å². The first-order valence-electron chi connectivity index (χ1n) is 6.90. The third-order valence-electron chi connectivity index (χ3n) is 3.34. The first-order valence-corrected chi connectivity index (χ1v) is 6.90. The Morgan fingerprint density at radius 3 is 2.71 bits per heavy atom. The normalized spacial score (nSPS) is 12.1. The summed E-state index contributed by atoms with van der Waals surface area (Å²) in [5.74, 6) is -1.18. The lowest BCUT2D eigenvalue weighted by atomic mass is 10.1. The molecule has 2 rings (SSSR count). The Morgan fingerprint density at radius 2 is 2.05 bits per heavy atom. The smallest absolute Gasteiger partial charge is 0.305 e. The lowest BCUT2D eigenvalue weighted by molar-refractivity contribution is -0.137. The van der Waals surface area contributed by atoms with Crippen LogP contribution < -0.4 is 5.32 Å². The van der Waals surface area contributed by atoms with Crippen molar-refractivity contribution in [3.63, 3.8) is 0 Å². The average molecular weight is 286 g/mol. The Kier molecular flexibility index (Phi) is 4.52. The van der Waals surface area contributed by atoms with Crippen LogP contribution in [0.1, 0.15) is 35.8 Å². The van der Waals surface area contributed by atoms with Gasteiger partial charge >= 0.3 is 5.97 Å². The molecular weight excluding hydrogens is 268 g/mol. The number of rotatable bonds is 5. The van der Waals surface area contributed by atoms with Crippen LogP contribution in [0.5, 0.6) is 0 Å². The molecule has 1 unspecified atom stereocenters. The molecule has 110 valence electrons. The second-order valence-electron chi connectivity index (χ2n) is 5.00. The van der Waals surface area contributed by atoms with Crippen molar-refractivity contribution >= 4 is 22.8 Å². The van der Waals surface area contributed by atoms with Crippen molar-refractivity contribution in [3.8, 4) is 0 Å². The van der Waals surface area contributed by atoms with E-state index in [4.69, 9.17) is 5.11 Å². The van der Waals surface area contributed by atoms with E-state index in [1.165, 1.54) is 0 Å². The van der Waals surface area contributed by atoms with Crippen LogP contribution in [0.3, 0.4) is 0 Å². The SMILES string of the molecule is CCC(CC(=O)O)NC(=O)c1cc(C)nc2ccccc12. The molecule has 5 nitrogen and oxygen atoms in total. The van der Waals surface area contributed by atoms with Gasteiger partial charge in [0.2, 0.25) is 0 Å². The summed E-state index contributed by atoms with van der Waals surface area (Å²) in [6, 6.07) is 8.77. The van der Waals surface area contributed by atoms with Gasteiger partial charge in [-0.15, -0.1) is 0 Å². The number of carboxylic acid groups (broad SMARTS) is 1. The average Bonchev–Trinajstić information content (AvgIpc) is 2.44. The maximum absolute atomic E-state index is 12.4. The van der Waals surface area contributed by atoms with E-state index >= 15 is 0 Å². The summed E-state index contributed by atoms with van der Waals surface area (Å²) in [6.07, 6.45) is 0.490. The summed E-state index contributed by atoms with van der Waals surface area (Å²) >= 11 is 0. The molecule has 1 aromatic heterocycles. The highest BCUT2D eigenvalue weighted by Gasteiger charge is 2.17. The number of carbonyl (C=O) groups excluding carboxylic acids is 1. The topological polar surface area (TPSA) is 79.3 Å². The molecule has 0 saturated heterocycles. The van der Waals surface area contributed by atoms with E-state index in [-0.39, 0.29) is 18.4 Å². The number of para-hydroxylation sites is 1. The molecule has 0 saturated carbocycles. The summed E-state index contributed by atoms with van der Waals surface area (Å²) in [5.41, 5.74) is 2.04. The monoisotopic (exact) mass is 286 g/mol. The number of aryl methyl sites for hydroxylation is 1. The lowest BCUT2D eigenvalue weighted by Crippen LogP contribution is -2.36. The molecule has 2 aromatic rings. The minimum Gasteiger partial charge on any atom is -0.481 e. The van der Waals surface area contributed by atoms with Crippen LogP contribution in [0.15, 0.2) is 30.3 Å². The highest BCUT2D eigenvalue weighted by Crippen LogP contribution is 2.18. The number of carboxylic acids is 1. The van der Waals surface area contributed by atoms with Crippen molar-refractivity contribution in [2.75, 3.05) is 0 Å². The quantitative estimate of drug-likeness (QED) is 0.885. The van der Waals surface area contributed by atoms with Crippen LogP contribution >= 0.6 is 0 Å². The number of hydrogen-bond donors (Lipinski definition) is 2. The van der Waals surface area contributed by atoms with Gasteiger partial charge in [-0.25, -0.2) is 0 Å². The van der Waals surface area contributed by atoms with Crippen LogP contribution in [0.2, 0.25) is 0 Å². The van der Waals surface area contributed by atoms with Gasteiger partial charge in [0.1, 0.15) is 0 Å². The second kappa shape index (κ2) is 6.35. The van der Waals surface area contributed by atoms with Crippen molar-refractivity contribution in [1.29, 1.82) is 0 Å². The van der Waals surface area contributed by atoms with E-state index in [2.05, 4.69) is 10.3 Å². The molecule has 0 fully saturated rings. The Hall–Kier alpha value is -2.43. The minimum atomic E-state index is -0.919. The number of pyridine rings is 1. The van der Waals surface area contributed by atoms with Gasteiger partial charge in [0.05, 0.1) is 17.5 Å². The standard InChI is InChI=1S/C16H18N2O3/c1-3-11(9-15(19)20)18-16(21)13-8-10(2)17-14-7-5-4-6-12(13)14/h4-8,11H,3,9H2,1-2H3,(H,18,21)(H,19,20). The molecule has 0 aliphatic carbocycles. The zero-order chi connectivity index (χ0) is 15.4. The van der Waals surface area contributed by atoms with E-state index in [0.717, 1.165) is 16.6 Å². The van der Waals surface area contributed by atoms with Crippen LogP contribution in [-0.2, 0) is 4.79 Å². The maximum Gasteiger partial charge on any atom is 0.305 e. The number of fused-ring (bicyclic) bond motifs is 1. The maximum atomic E-state index is 12.4. The molecule has 0 spiro atoms. The highest BCUT2D eigenvalue weighted by molar-refractivity contribution is 6.06. The van der Waals surface area contributed by atoms with E-state index < -0.39 is 5.97 Å². The Balaban J connectivity index is 2.32. The Labute approximate surface area is 123 Å². The fraction of sp³-hybridized carbons (Fsp3) is 0.312. The highest BCUT2D eigenvalue weighted by atomic mass is 16.4. The second-order valence-corrected chi connectivity index (χ2v) is 5.00. The zero-order valence-corrected chi connectivity index (χ0v) is 12.1. The van der Waals surface area contributed by atoms with Gasteiger partial charge in [-0.3, -0.25) is 14.6 Å². The number of hydrogen-bond acceptors (Lipinski definition) is 3. The number of nitrogens with zero attached hydrogens (tertiary/aromatic N) is 1. The van der Waals surface area contributed by atoms with E-state index in [1.54, 1.807) is 6.07 Å². The number of carbonyl (C=O) groups is 2. The van der Waals surface area contributed by atoms with E-state index in [0.29, 0.717) is 12.0 Å².